The first-order valence-corrected chi connectivity index (χ1v) is 5.89. The molecule has 0 N–H and O–H groups in total. The van der Waals surface area contributed by atoms with Gasteiger partial charge in [-0.3, -0.25) is 0 Å². The van der Waals surface area contributed by atoms with Crippen molar-refractivity contribution in [1.29, 1.82) is 0 Å². The lowest BCUT2D eigenvalue weighted by atomic mass is 10.2. The summed E-state index contributed by atoms with van der Waals surface area (Å²) in [6.07, 6.45) is 3.59. The zero-order valence-electron chi connectivity index (χ0n) is 9.02. The Bertz CT molecular complexity index is 327. The molecule has 0 saturated carbocycles. The number of likely N-dealkylation sites (N-methyl/N-ethyl adjacent to an activating group) is 1. The van der Waals surface area contributed by atoms with Crippen molar-refractivity contribution in [2.24, 2.45) is 0 Å². The van der Waals surface area contributed by atoms with Gasteiger partial charge in [0.2, 0.25) is 5.95 Å². The van der Waals surface area contributed by atoms with Crippen LogP contribution >= 0.6 is 15.9 Å². The van der Waals surface area contributed by atoms with E-state index in [4.69, 9.17) is 0 Å². The van der Waals surface area contributed by atoms with Crippen molar-refractivity contribution in [2.75, 3.05) is 31.6 Å². The standard InChI is InChI=1S/C10H15BrN4/c1-8-7-15(4-3-14(8)2)10-12-5-9(11)6-13-10/h5-6,8H,3-4,7H2,1-2H3. The molecule has 1 unspecified atom stereocenters. The summed E-state index contributed by atoms with van der Waals surface area (Å²) in [6.45, 7) is 5.30. The molecular formula is C10H15BrN4. The third-order valence-electron chi connectivity index (χ3n) is 2.85. The van der Waals surface area contributed by atoms with Crippen LogP contribution in [-0.4, -0.2) is 47.6 Å². The summed E-state index contributed by atoms with van der Waals surface area (Å²) in [5.41, 5.74) is 0. The summed E-state index contributed by atoms with van der Waals surface area (Å²) in [6, 6.07) is 0.561. The summed E-state index contributed by atoms with van der Waals surface area (Å²) in [5.74, 6) is 0.832. The zero-order chi connectivity index (χ0) is 10.8. The van der Waals surface area contributed by atoms with Crippen molar-refractivity contribution in [3.05, 3.63) is 16.9 Å². The molecule has 1 aliphatic rings. The van der Waals surface area contributed by atoms with E-state index in [1.807, 2.05) is 0 Å². The van der Waals surface area contributed by atoms with Crippen LogP contribution in [0.15, 0.2) is 16.9 Å². The van der Waals surface area contributed by atoms with Gasteiger partial charge in [-0.1, -0.05) is 0 Å². The maximum atomic E-state index is 4.31. The molecule has 1 aromatic rings. The van der Waals surface area contributed by atoms with Gasteiger partial charge in [-0.2, -0.15) is 0 Å². The molecule has 0 spiro atoms. The summed E-state index contributed by atoms with van der Waals surface area (Å²) < 4.78 is 0.924. The minimum atomic E-state index is 0.561. The predicted molar refractivity (Wildman–Crippen MR) is 64.0 cm³/mol. The SMILES string of the molecule is CC1CN(c2ncc(Br)cn2)CCN1C. The maximum absolute atomic E-state index is 4.31. The van der Waals surface area contributed by atoms with Crippen LogP contribution in [0.3, 0.4) is 0 Å². The van der Waals surface area contributed by atoms with Crippen LogP contribution in [0.1, 0.15) is 6.92 Å². The van der Waals surface area contributed by atoms with E-state index in [0.29, 0.717) is 6.04 Å². The van der Waals surface area contributed by atoms with E-state index in [1.54, 1.807) is 12.4 Å². The third kappa shape index (κ3) is 2.46. The van der Waals surface area contributed by atoms with E-state index in [9.17, 15) is 0 Å². The van der Waals surface area contributed by atoms with Crippen molar-refractivity contribution in [2.45, 2.75) is 13.0 Å². The van der Waals surface area contributed by atoms with E-state index >= 15 is 0 Å². The van der Waals surface area contributed by atoms with Gasteiger partial charge in [0.25, 0.3) is 0 Å². The van der Waals surface area contributed by atoms with Crippen LogP contribution < -0.4 is 4.90 Å². The van der Waals surface area contributed by atoms with Crippen LogP contribution in [0.4, 0.5) is 5.95 Å². The van der Waals surface area contributed by atoms with Gasteiger partial charge in [-0.25, -0.2) is 9.97 Å². The molecule has 1 aliphatic heterocycles. The quantitative estimate of drug-likeness (QED) is 0.772. The smallest absolute Gasteiger partial charge is 0.225 e. The molecule has 1 aromatic heterocycles. The molecule has 1 atom stereocenters. The molecule has 5 heteroatoms. The van der Waals surface area contributed by atoms with Gasteiger partial charge in [0.15, 0.2) is 0 Å². The fourth-order valence-corrected chi connectivity index (χ4v) is 1.90. The fraction of sp³-hybridized carbons (Fsp3) is 0.600. The van der Waals surface area contributed by atoms with Crippen LogP contribution in [0.5, 0.6) is 0 Å². The molecule has 0 aliphatic carbocycles. The molecule has 1 saturated heterocycles. The molecule has 2 rings (SSSR count). The van der Waals surface area contributed by atoms with Crippen LogP contribution in [-0.2, 0) is 0 Å². The van der Waals surface area contributed by atoms with E-state index in [0.717, 1.165) is 30.1 Å². The highest BCUT2D eigenvalue weighted by Crippen LogP contribution is 2.15. The van der Waals surface area contributed by atoms with E-state index < -0.39 is 0 Å². The predicted octanol–water partition coefficient (Wildman–Crippen LogP) is 1.38. The molecule has 15 heavy (non-hydrogen) atoms. The second-order valence-corrected chi connectivity index (χ2v) is 4.89. The van der Waals surface area contributed by atoms with Crippen molar-refractivity contribution in [3.8, 4) is 0 Å². The van der Waals surface area contributed by atoms with Crippen molar-refractivity contribution >= 4 is 21.9 Å². The number of piperazine rings is 1. The Morgan fingerprint density at radius 3 is 2.60 bits per heavy atom. The number of hydrogen-bond donors (Lipinski definition) is 0. The Hall–Kier alpha value is -0.680. The Labute approximate surface area is 98.4 Å². The maximum Gasteiger partial charge on any atom is 0.225 e. The largest absolute Gasteiger partial charge is 0.338 e. The molecule has 4 nitrogen and oxygen atoms in total. The van der Waals surface area contributed by atoms with Gasteiger partial charge in [0, 0.05) is 38.1 Å². The van der Waals surface area contributed by atoms with E-state index in [1.165, 1.54) is 0 Å². The number of halogens is 1. The first kappa shape index (κ1) is 10.8. The highest BCUT2D eigenvalue weighted by Gasteiger charge is 2.21. The Balaban J connectivity index is 2.08. The van der Waals surface area contributed by atoms with Gasteiger partial charge in [-0.05, 0) is 29.9 Å². The van der Waals surface area contributed by atoms with Gasteiger partial charge < -0.3 is 9.80 Å². The highest BCUT2D eigenvalue weighted by molar-refractivity contribution is 9.10. The Kier molecular flexibility index (Phi) is 3.21. The first-order chi connectivity index (χ1) is 7.16. The fourth-order valence-electron chi connectivity index (χ4n) is 1.70. The van der Waals surface area contributed by atoms with E-state index in [2.05, 4.69) is 49.7 Å². The monoisotopic (exact) mass is 270 g/mol. The van der Waals surface area contributed by atoms with Crippen molar-refractivity contribution < 1.29 is 0 Å². The lowest BCUT2D eigenvalue weighted by Gasteiger charge is -2.37. The van der Waals surface area contributed by atoms with Gasteiger partial charge in [0.1, 0.15) is 0 Å². The molecule has 0 radical (unpaired) electrons. The third-order valence-corrected chi connectivity index (χ3v) is 3.26. The van der Waals surface area contributed by atoms with Crippen LogP contribution in [0, 0.1) is 0 Å². The van der Waals surface area contributed by atoms with Crippen LogP contribution in [0.2, 0.25) is 0 Å². The molecule has 0 amide bonds. The van der Waals surface area contributed by atoms with Crippen molar-refractivity contribution in [1.82, 2.24) is 14.9 Å². The molecule has 82 valence electrons. The Morgan fingerprint density at radius 2 is 2.00 bits per heavy atom. The second kappa shape index (κ2) is 4.45. The van der Waals surface area contributed by atoms with Gasteiger partial charge in [0.05, 0.1) is 4.47 Å². The molecular weight excluding hydrogens is 256 g/mol. The average Bonchev–Trinajstić information content (AvgIpc) is 2.23. The molecule has 0 aromatic carbocycles. The second-order valence-electron chi connectivity index (χ2n) is 3.98. The molecule has 0 bridgehead atoms. The number of anilines is 1. The molecule has 1 fully saturated rings. The summed E-state index contributed by atoms with van der Waals surface area (Å²) in [5, 5.41) is 0. The lowest BCUT2D eigenvalue weighted by Crippen LogP contribution is -2.50. The minimum Gasteiger partial charge on any atom is -0.338 e. The van der Waals surface area contributed by atoms with Gasteiger partial charge in [-0.15, -0.1) is 0 Å². The number of aromatic nitrogens is 2. The van der Waals surface area contributed by atoms with Gasteiger partial charge >= 0.3 is 0 Å². The van der Waals surface area contributed by atoms with Crippen molar-refractivity contribution in [3.63, 3.8) is 0 Å². The number of nitrogens with zero attached hydrogens (tertiary/aromatic N) is 4. The van der Waals surface area contributed by atoms with Crippen LogP contribution in [0.25, 0.3) is 0 Å². The normalized spacial score (nSPS) is 23.1. The van der Waals surface area contributed by atoms with E-state index in [-0.39, 0.29) is 0 Å². The number of hydrogen-bond acceptors (Lipinski definition) is 4. The topological polar surface area (TPSA) is 32.3 Å². The number of rotatable bonds is 1. The summed E-state index contributed by atoms with van der Waals surface area (Å²) in [4.78, 5) is 13.2. The lowest BCUT2D eigenvalue weighted by molar-refractivity contribution is 0.233. The average molecular weight is 271 g/mol. The minimum absolute atomic E-state index is 0.561. The highest BCUT2D eigenvalue weighted by atomic mass is 79.9. The first-order valence-electron chi connectivity index (χ1n) is 5.09. The zero-order valence-corrected chi connectivity index (χ0v) is 10.6. The summed E-state index contributed by atoms with van der Waals surface area (Å²) >= 11 is 3.34. The molecule has 2 heterocycles. The summed E-state index contributed by atoms with van der Waals surface area (Å²) in [7, 11) is 2.16. The Morgan fingerprint density at radius 1 is 1.33 bits per heavy atom.